The fourth-order valence-electron chi connectivity index (χ4n) is 2.40. The maximum absolute atomic E-state index is 11.8. The van der Waals surface area contributed by atoms with Gasteiger partial charge in [0.1, 0.15) is 6.04 Å². The van der Waals surface area contributed by atoms with Crippen LogP contribution >= 0.6 is 0 Å². The molecule has 0 spiro atoms. The summed E-state index contributed by atoms with van der Waals surface area (Å²) in [4.78, 5) is 27.2. The molecule has 3 N–H and O–H groups in total. The van der Waals surface area contributed by atoms with Crippen molar-refractivity contribution in [3.63, 3.8) is 0 Å². The number of carboxylic acid groups (broad SMARTS) is 1. The highest BCUT2D eigenvalue weighted by Crippen LogP contribution is 2.04. The molecule has 1 amide bonds. The summed E-state index contributed by atoms with van der Waals surface area (Å²) >= 11 is 0. The van der Waals surface area contributed by atoms with E-state index in [0.29, 0.717) is 19.5 Å². The Kier molecular flexibility index (Phi) is 7.63. The van der Waals surface area contributed by atoms with Gasteiger partial charge in [-0.15, -0.1) is 0 Å². The standard InChI is InChI=1S/C14H27N3O4/c1-11(2)13(14(20)21)15-12(19)3-4-16-5-7-17(8-6-16)9-10-18/h11,13,18H,3-10H2,1-2H3,(H,15,19)(H,20,21). The summed E-state index contributed by atoms with van der Waals surface area (Å²) in [5, 5.41) is 20.5. The number of aliphatic hydroxyl groups excluding tert-OH is 1. The predicted molar refractivity (Wildman–Crippen MR) is 79.0 cm³/mol. The molecule has 0 radical (unpaired) electrons. The third-order valence-corrected chi connectivity index (χ3v) is 3.79. The highest BCUT2D eigenvalue weighted by Gasteiger charge is 2.24. The first kappa shape index (κ1) is 17.9. The number of carbonyl (C=O) groups is 2. The molecule has 1 heterocycles. The largest absolute Gasteiger partial charge is 0.480 e. The zero-order valence-corrected chi connectivity index (χ0v) is 12.9. The number of carbonyl (C=O) groups excluding carboxylic acids is 1. The zero-order valence-electron chi connectivity index (χ0n) is 12.9. The van der Waals surface area contributed by atoms with E-state index in [9.17, 15) is 9.59 Å². The molecule has 1 fully saturated rings. The number of nitrogens with one attached hydrogen (secondary N) is 1. The lowest BCUT2D eigenvalue weighted by atomic mass is 10.0. The van der Waals surface area contributed by atoms with Gasteiger partial charge >= 0.3 is 5.97 Å². The SMILES string of the molecule is CC(C)C(NC(=O)CCN1CCN(CCO)CC1)C(=O)O. The Morgan fingerprint density at radius 1 is 1.10 bits per heavy atom. The van der Waals surface area contributed by atoms with Crippen molar-refractivity contribution in [2.75, 3.05) is 45.9 Å². The smallest absolute Gasteiger partial charge is 0.326 e. The molecule has 1 rings (SSSR count). The van der Waals surface area contributed by atoms with Crippen LogP contribution in [0.2, 0.25) is 0 Å². The van der Waals surface area contributed by atoms with E-state index in [1.165, 1.54) is 0 Å². The van der Waals surface area contributed by atoms with E-state index < -0.39 is 12.0 Å². The maximum Gasteiger partial charge on any atom is 0.326 e. The Balaban J connectivity index is 2.26. The summed E-state index contributed by atoms with van der Waals surface area (Å²) in [6.45, 7) is 8.61. The monoisotopic (exact) mass is 301 g/mol. The van der Waals surface area contributed by atoms with Crippen molar-refractivity contribution in [3.05, 3.63) is 0 Å². The van der Waals surface area contributed by atoms with Crippen LogP contribution in [0.5, 0.6) is 0 Å². The lowest BCUT2D eigenvalue weighted by molar-refractivity contribution is -0.143. The first-order valence-electron chi connectivity index (χ1n) is 7.51. The van der Waals surface area contributed by atoms with Crippen LogP contribution in [0, 0.1) is 5.92 Å². The van der Waals surface area contributed by atoms with Gasteiger partial charge in [-0.1, -0.05) is 13.8 Å². The predicted octanol–water partition coefficient (Wildman–Crippen LogP) is -0.788. The van der Waals surface area contributed by atoms with Gasteiger partial charge in [-0.05, 0) is 5.92 Å². The molecule has 21 heavy (non-hydrogen) atoms. The minimum absolute atomic E-state index is 0.131. The molecular formula is C14H27N3O4. The van der Waals surface area contributed by atoms with Crippen molar-refractivity contribution >= 4 is 11.9 Å². The average Bonchev–Trinajstić information content (AvgIpc) is 2.43. The van der Waals surface area contributed by atoms with Gasteiger partial charge < -0.3 is 20.4 Å². The molecule has 7 nitrogen and oxygen atoms in total. The van der Waals surface area contributed by atoms with Crippen molar-refractivity contribution in [1.82, 2.24) is 15.1 Å². The number of amides is 1. The molecule has 1 atom stereocenters. The van der Waals surface area contributed by atoms with Gasteiger partial charge in [0.15, 0.2) is 0 Å². The number of rotatable bonds is 8. The van der Waals surface area contributed by atoms with Gasteiger partial charge in [0.2, 0.25) is 5.91 Å². The van der Waals surface area contributed by atoms with E-state index >= 15 is 0 Å². The molecule has 1 aliphatic rings. The van der Waals surface area contributed by atoms with Gasteiger partial charge in [0.05, 0.1) is 6.61 Å². The van der Waals surface area contributed by atoms with Crippen LogP contribution in [0.1, 0.15) is 20.3 Å². The normalized spacial score (nSPS) is 18.7. The van der Waals surface area contributed by atoms with Crippen LogP contribution < -0.4 is 5.32 Å². The molecular weight excluding hydrogens is 274 g/mol. The Morgan fingerprint density at radius 3 is 2.05 bits per heavy atom. The Hall–Kier alpha value is -1.18. The van der Waals surface area contributed by atoms with E-state index in [1.54, 1.807) is 13.8 Å². The Labute approximate surface area is 125 Å². The number of β-amino-alcohol motifs (C(OH)–C–C–N with tert-alkyl or cyclic N) is 1. The minimum Gasteiger partial charge on any atom is -0.480 e. The zero-order chi connectivity index (χ0) is 15.8. The molecule has 1 unspecified atom stereocenters. The van der Waals surface area contributed by atoms with E-state index in [-0.39, 0.29) is 18.4 Å². The summed E-state index contributed by atoms with van der Waals surface area (Å²) in [6.07, 6.45) is 0.316. The minimum atomic E-state index is -0.990. The molecule has 0 aliphatic carbocycles. The van der Waals surface area contributed by atoms with Crippen molar-refractivity contribution in [2.45, 2.75) is 26.3 Å². The molecule has 0 aromatic rings. The lowest BCUT2D eigenvalue weighted by Gasteiger charge is -2.34. The van der Waals surface area contributed by atoms with Crippen LogP contribution in [-0.4, -0.2) is 83.8 Å². The summed E-state index contributed by atoms with van der Waals surface area (Å²) in [7, 11) is 0. The van der Waals surface area contributed by atoms with Crippen LogP contribution in [-0.2, 0) is 9.59 Å². The fraction of sp³-hybridized carbons (Fsp3) is 0.857. The molecule has 1 saturated heterocycles. The highest BCUT2D eigenvalue weighted by atomic mass is 16.4. The molecule has 0 aromatic carbocycles. The Bertz CT molecular complexity index is 341. The third-order valence-electron chi connectivity index (χ3n) is 3.79. The number of hydrogen-bond acceptors (Lipinski definition) is 5. The second-order valence-electron chi connectivity index (χ2n) is 5.78. The highest BCUT2D eigenvalue weighted by molar-refractivity contribution is 5.83. The van der Waals surface area contributed by atoms with Gasteiger partial charge in [-0.25, -0.2) is 4.79 Å². The maximum atomic E-state index is 11.8. The number of aliphatic hydroxyl groups is 1. The molecule has 0 aromatic heterocycles. The van der Waals surface area contributed by atoms with Crippen LogP contribution in [0.4, 0.5) is 0 Å². The molecule has 1 aliphatic heterocycles. The third kappa shape index (κ3) is 6.41. The molecule has 7 heteroatoms. The quantitative estimate of drug-likeness (QED) is 0.544. The Morgan fingerprint density at radius 2 is 1.62 bits per heavy atom. The van der Waals surface area contributed by atoms with E-state index in [0.717, 1.165) is 26.2 Å². The van der Waals surface area contributed by atoms with Gasteiger partial charge in [0.25, 0.3) is 0 Å². The second kappa shape index (κ2) is 8.96. The van der Waals surface area contributed by atoms with E-state index in [2.05, 4.69) is 15.1 Å². The second-order valence-corrected chi connectivity index (χ2v) is 5.78. The van der Waals surface area contributed by atoms with Crippen molar-refractivity contribution < 1.29 is 19.8 Å². The number of piperazine rings is 1. The topological polar surface area (TPSA) is 93.1 Å². The summed E-state index contributed by atoms with van der Waals surface area (Å²) in [5.41, 5.74) is 0. The summed E-state index contributed by atoms with van der Waals surface area (Å²) in [6, 6.07) is -0.820. The molecule has 0 saturated carbocycles. The van der Waals surface area contributed by atoms with Crippen molar-refractivity contribution in [3.8, 4) is 0 Å². The average molecular weight is 301 g/mol. The molecule has 0 bridgehead atoms. The van der Waals surface area contributed by atoms with Crippen molar-refractivity contribution in [1.29, 1.82) is 0 Å². The van der Waals surface area contributed by atoms with Crippen molar-refractivity contribution in [2.24, 2.45) is 5.92 Å². The van der Waals surface area contributed by atoms with Crippen LogP contribution in [0.3, 0.4) is 0 Å². The summed E-state index contributed by atoms with van der Waals surface area (Å²) < 4.78 is 0. The fourth-order valence-corrected chi connectivity index (χ4v) is 2.40. The van der Waals surface area contributed by atoms with Gasteiger partial charge in [0, 0.05) is 45.7 Å². The number of nitrogens with zero attached hydrogens (tertiary/aromatic N) is 2. The lowest BCUT2D eigenvalue weighted by Crippen LogP contribution is -2.49. The first-order valence-corrected chi connectivity index (χ1v) is 7.51. The number of hydrogen-bond donors (Lipinski definition) is 3. The van der Waals surface area contributed by atoms with E-state index in [1.807, 2.05) is 0 Å². The number of carboxylic acids is 1. The van der Waals surface area contributed by atoms with E-state index in [4.69, 9.17) is 10.2 Å². The molecule has 122 valence electrons. The first-order chi connectivity index (χ1) is 9.93. The van der Waals surface area contributed by atoms with Gasteiger partial charge in [-0.3, -0.25) is 9.69 Å². The summed E-state index contributed by atoms with van der Waals surface area (Å²) in [5.74, 6) is -1.33. The van der Waals surface area contributed by atoms with Crippen LogP contribution in [0.25, 0.3) is 0 Å². The van der Waals surface area contributed by atoms with Crippen LogP contribution in [0.15, 0.2) is 0 Å². The van der Waals surface area contributed by atoms with Gasteiger partial charge in [-0.2, -0.15) is 0 Å². The number of aliphatic carboxylic acids is 1.